The first kappa shape index (κ1) is 21.5. The van der Waals surface area contributed by atoms with E-state index in [0.717, 1.165) is 16.1 Å². The second-order valence-electron chi connectivity index (χ2n) is 6.82. The number of hydrogen-bond acceptors (Lipinski definition) is 4. The van der Waals surface area contributed by atoms with E-state index in [1.165, 1.54) is 17.3 Å². The fraction of sp³-hybridized carbons (Fsp3) is 0.167. The summed E-state index contributed by atoms with van der Waals surface area (Å²) in [4.78, 5) is 25.9. The molecule has 3 aromatic carbocycles. The van der Waals surface area contributed by atoms with Crippen LogP contribution in [0.2, 0.25) is 0 Å². The Labute approximate surface area is 180 Å². The molecule has 154 valence electrons. The molecule has 0 aliphatic carbocycles. The van der Waals surface area contributed by atoms with Gasteiger partial charge in [0.25, 0.3) is 5.91 Å². The fourth-order valence-corrected chi connectivity index (χ4v) is 3.69. The lowest BCUT2D eigenvalue weighted by Gasteiger charge is -2.11. The van der Waals surface area contributed by atoms with Gasteiger partial charge in [0.15, 0.2) is 0 Å². The summed E-state index contributed by atoms with van der Waals surface area (Å²) in [5, 5.41) is 5.79. The summed E-state index contributed by atoms with van der Waals surface area (Å²) in [6.45, 7) is 4.04. The largest absolute Gasteiger partial charge is 0.497 e. The summed E-state index contributed by atoms with van der Waals surface area (Å²) >= 11 is 1.32. The minimum absolute atomic E-state index is 0.155. The maximum Gasteiger partial charge on any atom is 0.256 e. The van der Waals surface area contributed by atoms with E-state index in [1.54, 1.807) is 25.3 Å². The van der Waals surface area contributed by atoms with Gasteiger partial charge in [-0.15, -0.1) is 11.8 Å². The van der Waals surface area contributed by atoms with Gasteiger partial charge in [0, 0.05) is 22.3 Å². The van der Waals surface area contributed by atoms with E-state index in [-0.39, 0.29) is 17.6 Å². The van der Waals surface area contributed by atoms with Crippen molar-refractivity contribution in [3.8, 4) is 5.75 Å². The van der Waals surface area contributed by atoms with E-state index < -0.39 is 0 Å². The van der Waals surface area contributed by atoms with Crippen LogP contribution in [0.5, 0.6) is 5.75 Å². The zero-order valence-electron chi connectivity index (χ0n) is 17.2. The summed E-state index contributed by atoms with van der Waals surface area (Å²) in [5.74, 6) is 0.506. The predicted octanol–water partition coefficient (Wildman–Crippen LogP) is 5.30. The van der Waals surface area contributed by atoms with Crippen LogP contribution in [0.3, 0.4) is 0 Å². The van der Waals surface area contributed by atoms with Crippen LogP contribution in [0.25, 0.3) is 0 Å². The molecule has 3 aromatic rings. The number of aryl methyl sites for hydroxylation is 2. The van der Waals surface area contributed by atoms with Crippen LogP contribution in [0.4, 0.5) is 11.4 Å². The first-order valence-corrected chi connectivity index (χ1v) is 10.5. The van der Waals surface area contributed by atoms with Gasteiger partial charge in [-0.05, 0) is 61.4 Å². The van der Waals surface area contributed by atoms with Crippen LogP contribution in [-0.4, -0.2) is 24.7 Å². The molecular formula is C24H24N2O3S. The smallest absolute Gasteiger partial charge is 0.256 e. The number of amides is 2. The van der Waals surface area contributed by atoms with Crippen molar-refractivity contribution in [1.82, 2.24) is 0 Å². The number of hydrogen-bond donors (Lipinski definition) is 2. The van der Waals surface area contributed by atoms with E-state index in [9.17, 15) is 9.59 Å². The minimum atomic E-state index is -0.199. The highest BCUT2D eigenvalue weighted by molar-refractivity contribution is 8.00. The Bertz CT molecular complexity index is 1070. The maximum absolute atomic E-state index is 12.8. The molecule has 6 heteroatoms. The highest BCUT2D eigenvalue weighted by atomic mass is 32.2. The minimum Gasteiger partial charge on any atom is -0.497 e. The van der Waals surface area contributed by atoms with E-state index in [1.807, 2.05) is 62.4 Å². The third-order valence-electron chi connectivity index (χ3n) is 4.61. The monoisotopic (exact) mass is 420 g/mol. The van der Waals surface area contributed by atoms with Crippen LogP contribution in [-0.2, 0) is 4.79 Å². The molecule has 0 fully saturated rings. The molecule has 0 aliphatic rings. The number of thioether (sulfide) groups is 1. The first-order chi connectivity index (χ1) is 14.5. The van der Waals surface area contributed by atoms with Crippen molar-refractivity contribution in [2.45, 2.75) is 18.7 Å². The summed E-state index contributed by atoms with van der Waals surface area (Å²) in [6.07, 6.45) is 0. The lowest BCUT2D eigenvalue weighted by atomic mass is 10.1. The highest BCUT2D eigenvalue weighted by Crippen LogP contribution is 2.25. The number of rotatable bonds is 7. The fourth-order valence-electron chi connectivity index (χ4n) is 2.84. The van der Waals surface area contributed by atoms with Gasteiger partial charge in [-0.2, -0.15) is 0 Å². The molecule has 2 N–H and O–H groups in total. The van der Waals surface area contributed by atoms with E-state index in [0.29, 0.717) is 17.0 Å². The lowest BCUT2D eigenvalue weighted by Crippen LogP contribution is -2.16. The van der Waals surface area contributed by atoms with Crippen molar-refractivity contribution < 1.29 is 14.3 Å². The highest BCUT2D eigenvalue weighted by Gasteiger charge is 2.13. The van der Waals surface area contributed by atoms with Crippen molar-refractivity contribution in [1.29, 1.82) is 0 Å². The van der Waals surface area contributed by atoms with Crippen LogP contribution in [0.1, 0.15) is 21.5 Å². The predicted molar refractivity (Wildman–Crippen MR) is 123 cm³/mol. The first-order valence-electron chi connectivity index (χ1n) is 9.50. The standard InChI is InChI=1S/C24H24N2O3S/c1-16-11-12-19(13-17(16)2)26-24(28)21-9-4-5-10-22(21)30-15-23(27)25-18-7-6-8-20(14-18)29-3/h4-14H,15H2,1-3H3,(H,25,27)(H,26,28). The molecule has 5 nitrogen and oxygen atoms in total. The summed E-state index contributed by atoms with van der Waals surface area (Å²) < 4.78 is 5.17. The van der Waals surface area contributed by atoms with Gasteiger partial charge in [-0.3, -0.25) is 9.59 Å². The van der Waals surface area contributed by atoms with E-state index in [4.69, 9.17) is 4.74 Å². The summed E-state index contributed by atoms with van der Waals surface area (Å²) in [5.41, 5.74) is 4.24. The lowest BCUT2D eigenvalue weighted by molar-refractivity contribution is -0.113. The quantitative estimate of drug-likeness (QED) is 0.509. The van der Waals surface area contributed by atoms with Crippen molar-refractivity contribution >= 4 is 35.0 Å². The number of benzene rings is 3. The van der Waals surface area contributed by atoms with Crippen LogP contribution in [0.15, 0.2) is 71.6 Å². The Kier molecular flexibility index (Phi) is 7.14. The number of ether oxygens (including phenoxy) is 1. The normalized spacial score (nSPS) is 10.4. The Morgan fingerprint density at radius 3 is 2.40 bits per heavy atom. The summed E-state index contributed by atoms with van der Waals surface area (Å²) in [7, 11) is 1.58. The number of carbonyl (C=O) groups is 2. The average molecular weight is 421 g/mol. The van der Waals surface area contributed by atoms with Gasteiger partial charge < -0.3 is 15.4 Å². The maximum atomic E-state index is 12.8. The molecule has 0 unspecified atom stereocenters. The number of anilines is 2. The van der Waals surface area contributed by atoms with E-state index in [2.05, 4.69) is 10.6 Å². The van der Waals surface area contributed by atoms with Gasteiger partial charge in [0.2, 0.25) is 5.91 Å². The van der Waals surface area contributed by atoms with Crippen LogP contribution < -0.4 is 15.4 Å². The summed E-state index contributed by atoms with van der Waals surface area (Å²) in [6, 6.07) is 20.3. The molecule has 0 aromatic heterocycles. The zero-order valence-corrected chi connectivity index (χ0v) is 18.0. The molecule has 2 amide bonds. The van der Waals surface area contributed by atoms with Gasteiger partial charge in [-0.25, -0.2) is 0 Å². The number of nitrogens with one attached hydrogen (secondary N) is 2. The Hall–Kier alpha value is -3.25. The van der Waals surface area contributed by atoms with Crippen molar-refractivity contribution in [3.05, 3.63) is 83.4 Å². The zero-order chi connectivity index (χ0) is 21.5. The van der Waals surface area contributed by atoms with E-state index >= 15 is 0 Å². The van der Waals surface area contributed by atoms with Gasteiger partial charge in [0.1, 0.15) is 5.75 Å². The van der Waals surface area contributed by atoms with Gasteiger partial charge in [-0.1, -0.05) is 24.3 Å². The second kappa shape index (κ2) is 9.98. The number of methoxy groups -OCH3 is 1. The van der Waals surface area contributed by atoms with Crippen LogP contribution >= 0.6 is 11.8 Å². The molecule has 30 heavy (non-hydrogen) atoms. The molecule has 0 atom stereocenters. The molecule has 0 spiro atoms. The van der Waals surface area contributed by atoms with Crippen molar-refractivity contribution in [2.75, 3.05) is 23.5 Å². The molecule has 0 saturated heterocycles. The Morgan fingerprint density at radius 1 is 0.867 bits per heavy atom. The molecule has 0 saturated carbocycles. The molecule has 0 radical (unpaired) electrons. The molecule has 0 bridgehead atoms. The Morgan fingerprint density at radius 2 is 1.63 bits per heavy atom. The molecule has 3 rings (SSSR count). The molecule has 0 heterocycles. The second-order valence-corrected chi connectivity index (χ2v) is 7.84. The third-order valence-corrected chi connectivity index (χ3v) is 5.68. The third kappa shape index (κ3) is 5.64. The average Bonchev–Trinajstić information content (AvgIpc) is 2.75. The van der Waals surface area contributed by atoms with Gasteiger partial charge in [0.05, 0.1) is 18.4 Å². The van der Waals surface area contributed by atoms with Crippen LogP contribution in [0, 0.1) is 13.8 Å². The molecule has 0 aliphatic heterocycles. The molecular weight excluding hydrogens is 396 g/mol. The SMILES string of the molecule is COc1cccc(NC(=O)CSc2ccccc2C(=O)Nc2ccc(C)c(C)c2)c1. The van der Waals surface area contributed by atoms with Gasteiger partial charge >= 0.3 is 0 Å². The number of carbonyl (C=O) groups excluding carboxylic acids is 2. The Balaban J connectivity index is 1.65. The topological polar surface area (TPSA) is 67.4 Å². The van der Waals surface area contributed by atoms with Crippen molar-refractivity contribution in [2.24, 2.45) is 0 Å². The van der Waals surface area contributed by atoms with Crippen molar-refractivity contribution in [3.63, 3.8) is 0 Å².